The Kier molecular flexibility index (Phi) is 4.20. The first-order chi connectivity index (χ1) is 6.22. The molecular weight excluding hydrogens is 160 g/mol. The van der Waals surface area contributed by atoms with Gasteiger partial charge in [0, 0.05) is 18.1 Å². The molecule has 0 amide bonds. The zero-order valence-corrected chi connectivity index (χ0v) is 9.10. The Morgan fingerprint density at radius 2 is 2.00 bits per heavy atom. The maximum absolute atomic E-state index is 5.85. The molecule has 0 aromatic rings. The van der Waals surface area contributed by atoms with E-state index in [9.17, 15) is 0 Å². The Morgan fingerprint density at radius 3 is 2.46 bits per heavy atom. The van der Waals surface area contributed by atoms with Gasteiger partial charge in [0.2, 0.25) is 0 Å². The first kappa shape index (κ1) is 11.0. The molecule has 0 spiro atoms. The summed E-state index contributed by atoms with van der Waals surface area (Å²) in [6, 6.07) is 0.631. The van der Waals surface area contributed by atoms with Gasteiger partial charge in [0.1, 0.15) is 0 Å². The van der Waals surface area contributed by atoms with Crippen LogP contribution >= 0.6 is 0 Å². The Bertz CT molecular complexity index is 139. The molecule has 0 bridgehead atoms. The van der Waals surface area contributed by atoms with Gasteiger partial charge in [0.05, 0.1) is 0 Å². The number of nitrogens with one attached hydrogen (secondary N) is 1. The highest BCUT2D eigenvalue weighted by Gasteiger charge is 2.32. The minimum absolute atomic E-state index is 0.286. The Balaban J connectivity index is 2.38. The lowest BCUT2D eigenvalue weighted by Crippen LogP contribution is -2.52. The first-order valence-corrected chi connectivity index (χ1v) is 5.70. The third-order valence-corrected chi connectivity index (χ3v) is 3.23. The summed E-state index contributed by atoms with van der Waals surface area (Å²) in [6.45, 7) is 5.32. The van der Waals surface area contributed by atoms with E-state index in [0.717, 1.165) is 6.54 Å². The van der Waals surface area contributed by atoms with Crippen LogP contribution in [0.15, 0.2) is 0 Å². The van der Waals surface area contributed by atoms with E-state index in [1.807, 2.05) is 0 Å². The monoisotopic (exact) mass is 184 g/mol. The third kappa shape index (κ3) is 2.96. The van der Waals surface area contributed by atoms with Crippen LogP contribution in [-0.4, -0.2) is 18.1 Å². The van der Waals surface area contributed by atoms with Crippen LogP contribution < -0.4 is 11.1 Å². The van der Waals surface area contributed by atoms with Crippen molar-refractivity contribution in [1.29, 1.82) is 0 Å². The van der Waals surface area contributed by atoms with E-state index in [-0.39, 0.29) is 5.54 Å². The molecular formula is C11H24N2. The molecule has 3 N–H and O–H groups in total. The van der Waals surface area contributed by atoms with Gasteiger partial charge in [0.15, 0.2) is 0 Å². The van der Waals surface area contributed by atoms with Crippen molar-refractivity contribution >= 4 is 0 Å². The minimum atomic E-state index is 0.286. The van der Waals surface area contributed by atoms with Crippen LogP contribution in [0.25, 0.3) is 0 Å². The van der Waals surface area contributed by atoms with E-state index in [4.69, 9.17) is 5.73 Å². The molecule has 2 heteroatoms. The van der Waals surface area contributed by atoms with Gasteiger partial charge in [-0.15, -0.1) is 0 Å². The maximum atomic E-state index is 5.85. The normalized spacial score (nSPS) is 23.3. The van der Waals surface area contributed by atoms with E-state index in [1.165, 1.54) is 38.5 Å². The lowest BCUT2D eigenvalue weighted by Gasteiger charge is -2.32. The van der Waals surface area contributed by atoms with Crippen LogP contribution in [0.2, 0.25) is 0 Å². The molecule has 2 nitrogen and oxygen atoms in total. The smallest absolute Gasteiger partial charge is 0.0306 e. The van der Waals surface area contributed by atoms with Crippen molar-refractivity contribution in [3.05, 3.63) is 0 Å². The van der Waals surface area contributed by atoms with Gasteiger partial charge in [-0.2, -0.15) is 0 Å². The molecule has 0 radical (unpaired) electrons. The first-order valence-electron chi connectivity index (χ1n) is 5.70. The predicted molar refractivity (Wildman–Crippen MR) is 57.8 cm³/mol. The van der Waals surface area contributed by atoms with Crippen molar-refractivity contribution in [2.45, 2.75) is 64.0 Å². The van der Waals surface area contributed by atoms with Gasteiger partial charge < -0.3 is 11.1 Å². The summed E-state index contributed by atoms with van der Waals surface area (Å²) < 4.78 is 0. The van der Waals surface area contributed by atoms with E-state index in [0.29, 0.717) is 6.04 Å². The van der Waals surface area contributed by atoms with Crippen molar-refractivity contribution in [2.24, 2.45) is 5.73 Å². The van der Waals surface area contributed by atoms with Crippen LogP contribution in [0.4, 0.5) is 0 Å². The number of rotatable bonds is 5. The Hall–Kier alpha value is -0.0800. The molecule has 0 aromatic carbocycles. The van der Waals surface area contributed by atoms with E-state index < -0.39 is 0 Å². The molecule has 1 aliphatic carbocycles. The van der Waals surface area contributed by atoms with E-state index >= 15 is 0 Å². The standard InChI is InChI=1S/C11H24N2/c1-3-6-10(2)13-11(9-12)7-4-5-8-11/h10,13H,3-9,12H2,1-2H3. The van der Waals surface area contributed by atoms with Gasteiger partial charge in [-0.05, 0) is 26.2 Å². The Labute approximate surface area is 82.3 Å². The fraction of sp³-hybridized carbons (Fsp3) is 1.00. The van der Waals surface area contributed by atoms with Crippen molar-refractivity contribution in [1.82, 2.24) is 5.32 Å². The number of nitrogens with two attached hydrogens (primary N) is 1. The van der Waals surface area contributed by atoms with Crippen molar-refractivity contribution in [2.75, 3.05) is 6.54 Å². The average Bonchev–Trinajstić information content (AvgIpc) is 2.54. The fourth-order valence-electron chi connectivity index (χ4n) is 2.49. The van der Waals surface area contributed by atoms with Crippen LogP contribution in [0.3, 0.4) is 0 Å². The molecule has 78 valence electrons. The fourth-order valence-corrected chi connectivity index (χ4v) is 2.49. The molecule has 1 fully saturated rings. The van der Waals surface area contributed by atoms with Gasteiger partial charge in [-0.3, -0.25) is 0 Å². The van der Waals surface area contributed by atoms with Gasteiger partial charge in [0.25, 0.3) is 0 Å². The van der Waals surface area contributed by atoms with Gasteiger partial charge in [-0.25, -0.2) is 0 Å². The second-order valence-corrected chi connectivity index (χ2v) is 4.53. The largest absolute Gasteiger partial charge is 0.329 e. The summed E-state index contributed by atoms with van der Waals surface area (Å²) in [5, 5.41) is 3.72. The number of hydrogen-bond donors (Lipinski definition) is 2. The molecule has 0 aliphatic heterocycles. The average molecular weight is 184 g/mol. The second-order valence-electron chi connectivity index (χ2n) is 4.53. The molecule has 1 atom stereocenters. The highest BCUT2D eigenvalue weighted by molar-refractivity contribution is 4.94. The van der Waals surface area contributed by atoms with Crippen LogP contribution in [0.5, 0.6) is 0 Å². The lowest BCUT2D eigenvalue weighted by molar-refractivity contribution is 0.296. The van der Waals surface area contributed by atoms with Crippen molar-refractivity contribution in [3.8, 4) is 0 Å². The van der Waals surface area contributed by atoms with E-state index in [2.05, 4.69) is 19.2 Å². The quantitative estimate of drug-likeness (QED) is 0.686. The molecule has 13 heavy (non-hydrogen) atoms. The molecule has 1 rings (SSSR count). The minimum Gasteiger partial charge on any atom is -0.329 e. The third-order valence-electron chi connectivity index (χ3n) is 3.23. The summed E-state index contributed by atoms with van der Waals surface area (Å²) in [4.78, 5) is 0. The molecule has 1 saturated carbocycles. The van der Waals surface area contributed by atoms with Gasteiger partial charge in [-0.1, -0.05) is 26.2 Å². The summed E-state index contributed by atoms with van der Waals surface area (Å²) in [6.07, 6.45) is 7.78. The van der Waals surface area contributed by atoms with Crippen LogP contribution in [-0.2, 0) is 0 Å². The lowest BCUT2D eigenvalue weighted by atomic mass is 9.96. The maximum Gasteiger partial charge on any atom is 0.0306 e. The van der Waals surface area contributed by atoms with Crippen LogP contribution in [0.1, 0.15) is 52.4 Å². The zero-order chi connectivity index (χ0) is 9.73. The predicted octanol–water partition coefficient (Wildman–Crippen LogP) is 2.04. The highest BCUT2D eigenvalue weighted by Crippen LogP contribution is 2.29. The summed E-state index contributed by atoms with van der Waals surface area (Å²) in [7, 11) is 0. The molecule has 0 saturated heterocycles. The van der Waals surface area contributed by atoms with Crippen molar-refractivity contribution < 1.29 is 0 Å². The van der Waals surface area contributed by atoms with E-state index in [1.54, 1.807) is 0 Å². The summed E-state index contributed by atoms with van der Waals surface area (Å²) >= 11 is 0. The molecule has 0 heterocycles. The molecule has 0 aromatic heterocycles. The number of hydrogen-bond acceptors (Lipinski definition) is 2. The van der Waals surface area contributed by atoms with Gasteiger partial charge >= 0.3 is 0 Å². The SMILES string of the molecule is CCCC(C)NC1(CN)CCCC1. The molecule has 1 aliphatic rings. The molecule has 1 unspecified atom stereocenters. The van der Waals surface area contributed by atoms with Crippen molar-refractivity contribution in [3.63, 3.8) is 0 Å². The Morgan fingerprint density at radius 1 is 1.38 bits per heavy atom. The summed E-state index contributed by atoms with van der Waals surface area (Å²) in [5.41, 5.74) is 6.14. The summed E-state index contributed by atoms with van der Waals surface area (Å²) in [5.74, 6) is 0. The topological polar surface area (TPSA) is 38.0 Å². The second kappa shape index (κ2) is 4.97. The zero-order valence-electron chi connectivity index (χ0n) is 9.10. The van der Waals surface area contributed by atoms with Crippen LogP contribution in [0, 0.1) is 0 Å². The highest BCUT2D eigenvalue weighted by atomic mass is 15.0.